The van der Waals surface area contributed by atoms with Crippen LogP contribution in [0.3, 0.4) is 0 Å². The second kappa shape index (κ2) is 6.53. The Morgan fingerprint density at radius 2 is 2.25 bits per heavy atom. The minimum absolute atomic E-state index is 0.179. The third-order valence-corrected chi connectivity index (χ3v) is 5.99. The molecule has 0 radical (unpaired) electrons. The molecular weight excluding hydrogens is 322 g/mol. The number of pyridine rings is 1. The number of nitrogens with one attached hydrogen (secondary N) is 2. The Hall–Kier alpha value is -1.92. The summed E-state index contributed by atoms with van der Waals surface area (Å²) in [4.78, 5) is 30.8. The number of thiophene rings is 1. The van der Waals surface area contributed by atoms with E-state index in [1.54, 1.807) is 17.4 Å². The molecular formula is C18H21N3O2S. The number of nitrogens with zero attached hydrogens (tertiary/aromatic N) is 1. The highest BCUT2D eigenvalue weighted by atomic mass is 32.1. The van der Waals surface area contributed by atoms with E-state index in [9.17, 15) is 9.59 Å². The lowest BCUT2D eigenvalue weighted by molar-refractivity contribution is 0.0949. The average Bonchev–Trinajstić information content (AvgIpc) is 3.31. The van der Waals surface area contributed by atoms with E-state index >= 15 is 0 Å². The molecule has 3 heterocycles. The SMILES string of the molecule is O=C(NCc1cccs1)c1ccc(CN2CC3CCC2C3)[nH]c1=O. The number of hydrogen-bond donors (Lipinski definition) is 2. The number of rotatable bonds is 5. The van der Waals surface area contributed by atoms with Gasteiger partial charge in [-0.3, -0.25) is 14.5 Å². The van der Waals surface area contributed by atoms with Gasteiger partial charge in [0.15, 0.2) is 0 Å². The van der Waals surface area contributed by atoms with Crippen molar-refractivity contribution in [3.8, 4) is 0 Å². The van der Waals surface area contributed by atoms with Crippen LogP contribution < -0.4 is 10.9 Å². The molecule has 1 aliphatic carbocycles. The molecule has 1 saturated carbocycles. The van der Waals surface area contributed by atoms with Gasteiger partial charge in [-0.15, -0.1) is 11.3 Å². The predicted molar refractivity (Wildman–Crippen MR) is 94.1 cm³/mol. The largest absolute Gasteiger partial charge is 0.347 e. The first-order valence-corrected chi connectivity index (χ1v) is 9.34. The molecule has 24 heavy (non-hydrogen) atoms. The third-order valence-electron chi connectivity index (χ3n) is 5.11. The van der Waals surface area contributed by atoms with Crippen molar-refractivity contribution in [2.24, 2.45) is 5.92 Å². The molecule has 1 amide bonds. The Bertz CT molecular complexity index is 784. The van der Waals surface area contributed by atoms with Gasteiger partial charge in [0.2, 0.25) is 0 Å². The van der Waals surface area contributed by atoms with Crippen molar-refractivity contribution in [3.63, 3.8) is 0 Å². The summed E-state index contributed by atoms with van der Waals surface area (Å²) in [6.45, 7) is 2.36. The van der Waals surface area contributed by atoms with Crippen molar-refractivity contribution in [2.75, 3.05) is 6.54 Å². The highest BCUT2D eigenvalue weighted by Gasteiger charge is 2.37. The van der Waals surface area contributed by atoms with Gasteiger partial charge in [0.1, 0.15) is 5.56 Å². The van der Waals surface area contributed by atoms with Crippen molar-refractivity contribution < 1.29 is 4.79 Å². The van der Waals surface area contributed by atoms with E-state index in [1.807, 2.05) is 23.6 Å². The Morgan fingerprint density at radius 1 is 1.33 bits per heavy atom. The number of likely N-dealkylation sites (tertiary alicyclic amines) is 1. The van der Waals surface area contributed by atoms with Gasteiger partial charge >= 0.3 is 0 Å². The van der Waals surface area contributed by atoms with E-state index < -0.39 is 0 Å². The molecule has 2 unspecified atom stereocenters. The van der Waals surface area contributed by atoms with Crippen LogP contribution in [-0.4, -0.2) is 28.4 Å². The number of aromatic amines is 1. The Balaban J connectivity index is 1.40. The number of aromatic nitrogens is 1. The standard InChI is InChI=1S/C18H21N3O2S/c22-17(19-9-15-2-1-7-24-15)16-6-4-13(20-18(16)23)11-21-10-12-3-5-14(21)8-12/h1-2,4,6-7,12,14H,3,5,8-11H2,(H,19,22)(H,20,23). The molecule has 1 aliphatic heterocycles. The van der Waals surface area contributed by atoms with Crippen molar-refractivity contribution in [1.29, 1.82) is 0 Å². The van der Waals surface area contributed by atoms with Crippen LogP contribution in [0, 0.1) is 5.92 Å². The maximum Gasteiger partial charge on any atom is 0.261 e. The number of hydrogen-bond acceptors (Lipinski definition) is 4. The maximum atomic E-state index is 12.2. The summed E-state index contributed by atoms with van der Waals surface area (Å²) in [5.41, 5.74) is 0.765. The molecule has 1 saturated heterocycles. The summed E-state index contributed by atoms with van der Waals surface area (Å²) >= 11 is 1.58. The second-order valence-electron chi connectivity index (χ2n) is 6.75. The number of H-pyrrole nitrogens is 1. The summed E-state index contributed by atoms with van der Waals surface area (Å²) in [5, 5.41) is 4.76. The van der Waals surface area contributed by atoms with Gasteiger partial charge in [-0.1, -0.05) is 6.07 Å². The summed E-state index contributed by atoms with van der Waals surface area (Å²) in [6.07, 6.45) is 3.92. The van der Waals surface area contributed by atoms with Crippen molar-refractivity contribution >= 4 is 17.2 Å². The Labute approximate surface area is 144 Å². The highest BCUT2D eigenvalue weighted by Crippen LogP contribution is 2.37. The van der Waals surface area contributed by atoms with Gasteiger partial charge in [0, 0.05) is 29.7 Å². The molecule has 2 bridgehead atoms. The molecule has 2 atom stereocenters. The predicted octanol–water partition coefficient (Wildman–Crippen LogP) is 2.35. The summed E-state index contributed by atoms with van der Waals surface area (Å²) in [5.74, 6) is 0.514. The van der Waals surface area contributed by atoms with E-state index in [4.69, 9.17) is 0 Å². The quantitative estimate of drug-likeness (QED) is 0.876. The molecule has 4 rings (SSSR count). The number of carbonyl (C=O) groups is 1. The maximum absolute atomic E-state index is 12.2. The lowest BCUT2D eigenvalue weighted by Gasteiger charge is -2.26. The minimum Gasteiger partial charge on any atom is -0.347 e. The van der Waals surface area contributed by atoms with Crippen LogP contribution in [0.15, 0.2) is 34.4 Å². The van der Waals surface area contributed by atoms with Gasteiger partial charge in [-0.25, -0.2) is 0 Å². The third kappa shape index (κ3) is 3.16. The second-order valence-corrected chi connectivity index (χ2v) is 7.78. The molecule has 5 nitrogen and oxygen atoms in total. The van der Waals surface area contributed by atoms with Gasteiger partial charge in [0.05, 0.1) is 6.54 Å². The summed E-state index contributed by atoms with van der Waals surface area (Å²) in [7, 11) is 0. The Kier molecular flexibility index (Phi) is 4.24. The molecule has 2 N–H and O–H groups in total. The van der Waals surface area contributed by atoms with E-state index in [2.05, 4.69) is 15.2 Å². The lowest BCUT2D eigenvalue weighted by Crippen LogP contribution is -2.33. The fourth-order valence-corrected chi connectivity index (χ4v) is 4.55. The van der Waals surface area contributed by atoms with E-state index in [-0.39, 0.29) is 17.0 Å². The zero-order valence-electron chi connectivity index (χ0n) is 13.5. The van der Waals surface area contributed by atoms with Gasteiger partial charge in [0.25, 0.3) is 11.5 Å². The number of fused-ring (bicyclic) bond motifs is 2. The van der Waals surface area contributed by atoms with Crippen molar-refractivity contribution in [1.82, 2.24) is 15.2 Å². The monoisotopic (exact) mass is 343 g/mol. The van der Waals surface area contributed by atoms with Crippen LogP contribution in [0.1, 0.15) is 40.2 Å². The van der Waals surface area contributed by atoms with Crippen LogP contribution in [0.2, 0.25) is 0 Å². The Morgan fingerprint density at radius 3 is 2.92 bits per heavy atom. The van der Waals surface area contributed by atoms with Crippen molar-refractivity contribution in [2.45, 2.75) is 38.4 Å². The van der Waals surface area contributed by atoms with Crippen LogP contribution >= 0.6 is 11.3 Å². The summed E-state index contributed by atoms with van der Waals surface area (Å²) < 4.78 is 0. The fourth-order valence-electron chi connectivity index (χ4n) is 3.90. The number of amides is 1. The smallest absolute Gasteiger partial charge is 0.261 e. The minimum atomic E-state index is -0.323. The molecule has 0 aromatic carbocycles. The number of piperidine rings is 1. The summed E-state index contributed by atoms with van der Waals surface area (Å²) in [6, 6.07) is 8.09. The average molecular weight is 343 g/mol. The molecule has 126 valence electrons. The first-order chi connectivity index (χ1) is 11.7. The van der Waals surface area contributed by atoms with Gasteiger partial charge < -0.3 is 10.3 Å². The normalized spacial score (nSPS) is 22.8. The molecule has 6 heteroatoms. The molecule has 2 aromatic heterocycles. The molecule has 2 aromatic rings. The van der Waals surface area contributed by atoms with Gasteiger partial charge in [-0.05, 0) is 48.8 Å². The van der Waals surface area contributed by atoms with Crippen LogP contribution in [0.4, 0.5) is 0 Å². The van der Waals surface area contributed by atoms with Crippen LogP contribution in [0.5, 0.6) is 0 Å². The lowest BCUT2D eigenvalue weighted by atomic mass is 10.1. The van der Waals surface area contributed by atoms with Crippen LogP contribution in [0.25, 0.3) is 0 Å². The highest BCUT2D eigenvalue weighted by molar-refractivity contribution is 7.09. The van der Waals surface area contributed by atoms with Crippen LogP contribution in [-0.2, 0) is 13.1 Å². The first kappa shape index (κ1) is 15.6. The van der Waals surface area contributed by atoms with Crippen molar-refractivity contribution in [3.05, 3.63) is 56.1 Å². The molecule has 2 fully saturated rings. The molecule has 2 aliphatic rings. The zero-order chi connectivity index (χ0) is 16.5. The molecule has 0 spiro atoms. The fraction of sp³-hybridized carbons (Fsp3) is 0.444. The van der Waals surface area contributed by atoms with Gasteiger partial charge in [-0.2, -0.15) is 0 Å². The van der Waals surface area contributed by atoms with E-state index in [1.165, 1.54) is 19.3 Å². The van der Waals surface area contributed by atoms with E-state index in [0.29, 0.717) is 12.6 Å². The number of carbonyl (C=O) groups excluding carboxylic acids is 1. The zero-order valence-corrected chi connectivity index (χ0v) is 14.3. The topological polar surface area (TPSA) is 65.2 Å². The first-order valence-electron chi connectivity index (χ1n) is 8.46. The van der Waals surface area contributed by atoms with E-state index in [0.717, 1.165) is 29.6 Å².